The van der Waals surface area contributed by atoms with Crippen molar-refractivity contribution in [3.05, 3.63) is 40.0 Å². The fraction of sp³-hybridized carbons (Fsp3) is 0.0833. The molecule has 18 heavy (non-hydrogen) atoms. The Balaban J connectivity index is 2.70. The number of nitrogens with zero attached hydrogens (tertiary/aromatic N) is 4. The van der Waals surface area contributed by atoms with Crippen LogP contribution in [0.5, 0.6) is 0 Å². The van der Waals surface area contributed by atoms with Crippen LogP contribution in [0.3, 0.4) is 0 Å². The Bertz CT molecular complexity index is 702. The summed E-state index contributed by atoms with van der Waals surface area (Å²) < 4.78 is 1.35. The molecule has 0 atom stereocenters. The molecule has 0 fully saturated rings. The van der Waals surface area contributed by atoms with Gasteiger partial charge in [-0.3, -0.25) is 0 Å². The highest BCUT2D eigenvalue weighted by Crippen LogP contribution is 2.28. The lowest BCUT2D eigenvalue weighted by molar-refractivity contribution is 0.890. The summed E-state index contributed by atoms with van der Waals surface area (Å²) in [5.41, 5.74) is 7.69. The normalized spacial score (nSPS) is 9.78. The first-order valence-corrected chi connectivity index (χ1v) is 5.41. The molecule has 2 rings (SSSR count). The van der Waals surface area contributed by atoms with Crippen molar-refractivity contribution in [1.82, 2.24) is 9.78 Å². The Kier molecular flexibility index (Phi) is 2.93. The fourth-order valence-corrected chi connectivity index (χ4v) is 1.93. The monoisotopic (exact) mass is 257 g/mol. The minimum Gasteiger partial charge on any atom is -0.382 e. The van der Waals surface area contributed by atoms with Crippen molar-refractivity contribution in [2.24, 2.45) is 0 Å². The molecule has 6 heteroatoms. The Hall–Kier alpha value is -2.50. The van der Waals surface area contributed by atoms with E-state index in [1.165, 1.54) is 10.9 Å². The van der Waals surface area contributed by atoms with Crippen molar-refractivity contribution in [2.45, 2.75) is 6.92 Å². The molecule has 0 saturated carbocycles. The van der Waals surface area contributed by atoms with Crippen molar-refractivity contribution >= 4 is 17.4 Å². The molecule has 0 aliphatic heterocycles. The second-order valence-corrected chi connectivity index (χ2v) is 4.05. The fourth-order valence-electron chi connectivity index (χ4n) is 1.60. The van der Waals surface area contributed by atoms with Crippen molar-refractivity contribution in [3.8, 4) is 17.8 Å². The molecular weight excluding hydrogens is 250 g/mol. The van der Waals surface area contributed by atoms with E-state index in [0.29, 0.717) is 11.3 Å². The highest BCUT2D eigenvalue weighted by Gasteiger charge is 2.15. The van der Waals surface area contributed by atoms with Crippen LogP contribution >= 0.6 is 11.6 Å². The van der Waals surface area contributed by atoms with E-state index in [0.717, 1.165) is 5.56 Å². The molecule has 0 aliphatic carbocycles. The number of nitrogen functional groups attached to an aromatic ring is 1. The summed E-state index contributed by atoms with van der Waals surface area (Å²) in [4.78, 5) is 0. The van der Waals surface area contributed by atoms with E-state index in [9.17, 15) is 0 Å². The van der Waals surface area contributed by atoms with E-state index in [4.69, 9.17) is 27.9 Å². The third-order valence-electron chi connectivity index (χ3n) is 2.60. The van der Waals surface area contributed by atoms with Crippen LogP contribution < -0.4 is 5.73 Å². The molecule has 0 radical (unpaired) electrons. The van der Waals surface area contributed by atoms with Crippen molar-refractivity contribution in [3.63, 3.8) is 0 Å². The highest BCUT2D eigenvalue weighted by atomic mass is 35.5. The molecule has 1 heterocycles. The summed E-state index contributed by atoms with van der Waals surface area (Å²) in [6.45, 7) is 1.79. The number of halogens is 1. The summed E-state index contributed by atoms with van der Waals surface area (Å²) in [5.74, 6) is 0.201. The maximum Gasteiger partial charge on any atom is 0.145 e. The molecule has 0 aliphatic rings. The van der Waals surface area contributed by atoms with Gasteiger partial charge in [0.2, 0.25) is 0 Å². The van der Waals surface area contributed by atoms with Gasteiger partial charge in [0.15, 0.2) is 0 Å². The van der Waals surface area contributed by atoms with Crippen LogP contribution in [0.4, 0.5) is 5.82 Å². The van der Waals surface area contributed by atoms with Crippen LogP contribution in [0, 0.1) is 29.6 Å². The predicted octanol–water partition coefficient (Wildman–Crippen LogP) is 2.16. The van der Waals surface area contributed by atoms with Gasteiger partial charge >= 0.3 is 0 Å². The topological polar surface area (TPSA) is 91.4 Å². The van der Waals surface area contributed by atoms with Gasteiger partial charge in [0.05, 0.1) is 22.5 Å². The molecule has 5 nitrogen and oxygen atoms in total. The van der Waals surface area contributed by atoms with Gasteiger partial charge in [-0.25, -0.2) is 4.68 Å². The van der Waals surface area contributed by atoms with Crippen LogP contribution in [0.15, 0.2) is 18.3 Å². The molecule has 1 aromatic heterocycles. The lowest BCUT2D eigenvalue weighted by Gasteiger charge is -2.09. The minimum atomic E-state index is 0.201. The first-order valence-electron chi connectivity index (χ1n) is 5.03. The van der Waals surface area contributed by atoms with E-state index in [1.54, 1.807) is 19.1 Å². The second-order valence-electron chi connectivity index (χ2n) is 3.67. The summed E-state index contributed by atoms with van der Waals surface area (Å²) >= 11 is 6.15. The largest absolute Gasteiger partial charge is 0.382 e. The second kappa shape index (κ2) is 4.40. The van der Waals surface area contributed by atoms with E-state index in [2.05, 4.69) is 5.10 Å². The Morgan fingerprint density at radius 1 is 1.33 bits per heavy atom. The van der Waals surface area contributed by atoms with Crippen LogP contribution in [-0.4, -0.2) is 9.78 Å². The Morgan fingerprint density at radius 2 is 2.06 bits per heavy atom. The zero-order valence-corrected chi connectivity index (χ0v) is 10.2. The van der Waals surface area contributed by atoms with Gasteiger partial charge in [-0.2, -0.15) is 15.6 Å². The molecule has 0 spiro atoms. The SMILES string of the molecule is Cc1ccc(-n2ncc(C#N)c2N)c(Cl)c1C#N. The van der Waals surface area contributed by atoms with Crippen molar-refractivity contribution in [1.29, 1.82) is 10.5 Å². The quantitative estimate of drug-likeness (QED) is 0.847. The Labute approximate surface area is 109 Å². The number of rotatable bonds is 1. The average Bonchev–Trinajstić information content (AvgIpc) is 2.71. The minimum absolute atomic E-state index is 0.201. The van der Waals surface area contributed by atoms with Crippen molar-refractivity contribution in [2.75, 3.05) is 5.73 Å². The zero-order valence-electron chi connectivity index (χ0n) is 9.48. The number of hydrogen-bond acceptors (Lipinski definition) is 4. The number of hydrogen-bond donors (Lipinski definition) is 1. The Morgan fingerprint density at radius 3 is 2.61 bits per heavy atom. The third-order valence-corrected chi connectivity index (χ3v) is 2.98. The van der Waals surface area contributed by atoms with Crippen LogP contribution in [0.1, 0.15) is 16.7 Å². The van der Waals surface area contributed by atoms with Gasteiger partial charge in [0, 0.05) is 0 Å². The van der Waals surface area contributed by atoms with Gasteiger partial charge in [0.1, 0.15) is 23.5 Å². The molecule has 0 amide bonds. The molecule has 2 aromatic rings. The summed E-state index contributed by atoms with van der Waals surface area (Å²) in [7, 11) is 0. The van der Waals surface area contributed by atoms with Gasteiger partial charge in [-0.05, 0) is 18.6 Å². The molecule has 0 unspecified atom stereocenters. The van der Waals surface area contributed by atoms with E-state index < -0.39 is 0 Å². The van der Waals surface area contributed by atoms with Gasteiger partial charge in [-0.15, -0.1) is 0 Å². The lowest BCUT2D eigenvalue weighted by Crippen LogP contribution is -2.04. The predicted molar refractivity (Wildman–Crippen MR) is 67.2 cm³/mol. The van der Waals surface area contributed by atoms with E-state index >= 15 is 0 Å². The smallest absolute Gasteiger partial charge is 0.145 e. The van der Waals surface area contributed by atoms with Crippen LogP contribution in [0.2, 0.25) is 5.02 Å². The van der Waals surface area contributed by atoms with Gasteiger partial charge < -0.3 is 5.73 Å². The third kappa shape index (κ3) is 1.67. The number of anilines is 1. The number of nitriles is 2. The van der Waals surface area contributed by atoms with Gasteiger partial charge in [-0.1, -0.05) is 17.7 Å². The maximum absolute atomic E-state index is 9.04. The number of benzene rings is 1. The summed E-state index contributed by atoms with van der Waals surface area (Å²) in [6.07, 6.45) is 1.36. The molecule has 0 bridgehead atoms. The lowest BCUT2D eigenvalue weighted by atomic mass is 10.1. The van der Waals surface area contributed by atoms with Gasteiger partial charge in [0.25, 0.3) is 0 Å². The number of aromatic nitrogens is 2. The molecule has 88 valence electrons. The summed E-state index contributed by atoms with van der Waals surface area (Å²) in [6, 6.07) is 7.43. The maximum atomic E-state index is 9.04. The van der Waals surface area contributed by atoms with E-state index in [1.807, 2.05) is 12.1 Å². The molecule has 0 saturated heterocycles. The zero-order chi connectivity index (χ0) is 13.3. The van der Waals surface area contributed by atoms with Crippen LogP contribution in [0.25, 0.3) is 5.69 Å². The van der Waals surface area contributed by atoms with E-state index in [-0.39, 0.29) is 16.4 Å². The standard InChI is InChI=1S/C12H8ClN5/c1-7-2-3-10(11(13)9(7)5-15)18-12(16)8(4-14)6-17-18/h2-3,6H,16H2,1H3. The summed E-state index contributed by atoms with van der Waals surface area (Å²) in [5, 5.41) is 22.1. The van der Waals surface area contributed by atoms with Crippen molar-refractivity contribution < 1.29 is 0 Å². The number of nitrogens with two attached hydrogens (primary N) is 1. The average molecular weight is 258 g/mol. The first-order chi connectivity index (χ1) is 8.60. The number of aryl methyl sites for hydroxylation is 1. The molecule has 1 aromatic carbocycles. The molecular formula is C12H8ClN5. The highest BCUT2D eigenvalue weighted by molar-refractivity contribution is 6.33. The van der Waals surface area contributed by atoms with Crippen LogP contribution in [-0.2, 0) is 0 Å². The molecule has 2 N–H and O–H groups in total. The first kappa shape index (κ1) is 12.0.